The maximum atomic E-state index is 11.2. The van der Waals surface area contributed by atoms with Crippen molar-refractivity contribution in [3.63, 3.8) is 0 Å². The summed E-state index contributed by atoms with van der Waals surface area (Å²) in [6, 6.07) is 6.56. The lowest BCUT2D eigenvalue weighted by Crippen LogP contribution is -2.42. The van der Waals surface area contributed by atoms with Gasteiger partial charge < -0.3 is 15.3 Å². The van der Waals surface area contributed by atoms with Crippen LogP contribution in [0.5, 0.6) is 0 Å². The van der Waals surface area contributed by atoms with E-state index in [9.17, 15) is 4.79 Å². The van der Waals surface area contributed by atoms with Gasteiger partial charge in [-0.15, -0.1) is 6.42 Å². The molecule has 5 nitrogen and oxygen atoms in total. The maximum absolute atomic E-state index is 11.2. The highest BCUT2D eigenvalue weighted by Gasteiger charge is 2.17. The molecule has 3 N–H and O–H groups in total. The van der Waals surface area contributed by atoms with Gasteiger partial charge in [0.25, 0.3) is 0 Å². The van der Waals surface area contributed by atoms with Crippen LogP contribution in [-0.4, -0.2) is 40.5 Å². The molecule has 0 unspecified atom stereocenters. The van der Waals surface area contributed by atoms with Crippen LogP contribution in [0.25, 0.3) is 11.0 Å². The molecule has 110 valence electrons. The largest absolute Gasteiger partial charge is 0.323 e. The van der Waals surface area contributed by atoms with Crippen LogP contribution < -0.4 is 11.0 Å². The van der Waals surface area contributed by atoms with Crippen molar-refractivity contribution in [1.29, 1.82) is 0 Å². The first kappa shape index (κ1) is 13.9. The molecule has 1 fully saturated rings. The van der Waals surface area contributed by atoms with Gasteiger partial charge in [0.2, 0.25) is 0 Å². The van der Waals surface area contributed by atoms with Crippen LogP contribution in [0.2, 0.25) is 0 Å². The second-order valence-electron chi connectivity index (χ2n) is 5.59. The van der Waals surface area contributed by atoms with E-state index in [1.807, 2.05) is 18.2 Å². The molecule has 21 heavy (non-hydrogen) atoms. The normalized spacial score (nSPS) is 17.1. The standard InChI is InChI=1S/C16H20N4O/c1-2-7-20-8-5-13(6-9-20)17-11-12-3-4-14-15(10-12)19-16(21)18-14/h1,3-4,10,13,17H,5-9,11H2,(H2,18,19,21). The summed E-state index contributed by atoms with van der Waals surface area (Å²) in [6.07, 6.45) is 7.60. The first-order valence-corrected chi connectivity index (χ1v) is 7.35. The van der Waals surface area contributed by atoms with E-state index < -0.39 is 0 Å². The lowest BCUT2D eigenvalue weighted by atomic mass is 10.0. The van der Waals surface area contributed by atoms with Gasteiger partial charge in [-0.1, -0.05) is 12.0 Å². The third kappa shape index (κ3) is 3.35. The molecule has 0 amide bonds. The molecule has 2 aromatic rings. The molecule has 1 aromatic carbocycles. The lowest BCUT2D eigenvalue weighted by molar-refractivity contribution is 0.217. The van der Waals surface area contributed by atoms with Crippen molar-refractivity contribution in [3.8, 4) is 12.3 Å². The molecular formula is C16H20N4O. The number of likely N-dealkylation sites (tertiary alicyclic amines) is 1. The molecule has 3 rings (SSSR count). The number of rotatable bonds is 4. The maximum Gasteiger partial charge on any atom is 0.323 e. The molecule has 0 spiro atoms. The van der Waals surface area contributed by atoms with Crippen LogP contribution >= 0.6 is 0 Å². The fourth-order valence-corrected chi connectivity index (χ4v) is 2.88. The van der Waals surface area contributed by atoms with Crippen molar-refractivity contribution in [2.24, 2.45) is 0 Å². The van der Waals surface area contributed by atoms with Crippen LogP contribution in [0.1, 0.15) is 18.4 Å². The molecule has 0 saturated carbocycles. The zero-order valence-corrected chi connectivity index (χ0v) is 12.0. The molecule has 0 atom stereocenters. The number of aromatic nitrogens is 2. The number of nitrogens with one attached hydrogen (secondary N) is 3. The minimum absolute atomic E-state index is 0.156. The second kappa shape index (κ2) is 6.17. The molecule has 1 aliphatic rings. The molecule has 5 heteroatoms. The summed E-state index contributed by atoms with van der Waals surface area (Å²) in [5.41, 5.74) is 2.74. The third-order valence-corrected chi connectivity index (χ3v) is 4.08. The molecule has 2 heterocycles. The number of piperidine rings is 1. The van der Waals surface area contributed by atoms with E-state index in [1.165, 1.54) is 5.56 Å². The fraction of sp³-hybridized carbons (Fsp3) is 0.438. The van der Waals surface area contributed by atoms with Gasteiger partial charge in [0, 0.05) is 25.7 Å². The van der Waals surface area contributed by atoms with E-state index in [1.54, 1.807) is 0 Å². The van der Waals surface area contributed by atoms with Gasteiger partial charge in [0.05, 0.1) is 17.6 Å². The smallest absolute Gasteiger partial charge is 0.310 e. The summed E-state index contributed by atoms with van der Waals surface area (Å²) in [6.45, 7) is 3.70. The quantitative estimate of drug-likeness (QED) is 0.735. The summed E-state index contributed by atoms with van der Waals surface area (Å²) in [7, 11) is 0. The topological polar surface area (TPSA) is 63.9 Å². The number of aromatic amines is 2. The first-order chi connectivity index (χ1) is 10.2. The number of imidazole rings is 1. The van der Waals surface area contributed by atoms with Gasteiger partial charge >= 0.3 is 5.69 Å². The Hall–Kier alpha value is -2.03. The Morgan fingerprint density at radius 2 is 2.05 bits per heavy atom. The predicted octanol–water partition coefficient (Wildman–Crippen LogP) is 1.04. The van der Waals surface area contributed by atoms with Crippen LogP contribution in [0, 0.1) is 12.3 Å². The Bertz CT molecular complexity index is 701. The van der Waals surface area contributed by atoms with Crippen molar-refractivity contribution in [2.45, 2.75) is 25.4 Å². The van der Waals surface area contributed by atoms with Crippen molar-refractivity contribution < 1.29 is 0 Å². The van der Waals surface area contributed by atoms with Gasteiger partial charge in [-0.25, -0.2) is 4.79 Å². The van der Waals surface area contributed by atoms with Crippen molar-refractivity contribution >= 4 is 11.0 Å². The van der Waals surface area contributed by atoms with E-state index in [-0.39, 0.29) is 5.69 Å². The Morgan fingerprint density at radius 1 is 1.29 bits per heavy atom. The third-order valence-electron chi connectivity index (χ3n) is 4.08. The van der Waals surface area contributed by atoms with Crippen molar-refractivity contribution in [1.82, 2.24) is 20.2 Å². The van der Waals surface area contributed by atoms with E-state index in [2.05, 4.69) is 26.1 Å². The summed E-state index contributed by atoms with van der Waals surface area (Å²) in [4.78, 5) is 19.1. The molecule has 0 aliphatic carbocycles. The summed E-state index contributed by atoms with van der Waals surface area (Å²) < 4.78 is 0. The number of nitrogens with zero attached hydrogens (tertiary/aromatic N) is 1. The highest BCUT2D eigenvalue weighted by atomic mass is 16.1. The van der Waals surface area contributed by atoms with Crippen LogP contribution in [0.3, 0.4) is 0 Å². The summed E-state index contributed by atoms with van der Waals surface area (Å²) in [5, 5.41) is 3.59. The van der Waals surface area contributed by atoms with Crippen LogP contribution in [0.4, 0.5) is 0 Å². The minimum Gasteiger partial charge on any atom is -0.310 e. The second-order valence-corrected chi connectivity index (χ2v) is 5.59. The highest BCUT2D eigenvalue weighted by molar-refractivity contribution is 5.74. The zero-order valence-electron chi connectivity index (χ0n) is 12.0. The van der Waals surface area contributed by atoms with Gasteiger partial charge in [0.15, 0.2) is 0 Å². The predicted molar refractivity (Wildman–Crippen MR) is 84.1 cm³/mol. The van der Waals surface area contributed by atoms with Crippen molar-refractivity contribution in [3.05, 3.63) is 34.2 Å². The number of terminal acetylenes is 1. The van der Waals surface area contributed by atoms with Gasteiger partial charge in [-0.2, -0.15) is 0 Å². The van der Waals surface area contributed by atoms with E-state index in [4.69, 9.17) is 6.42 Å². The van der Waals surface area contributed by atoms with Crippen LogP contribution in [-0.2, 0) is 6.54 Å². The molecule has 1 aromatic heterocycles. The fourth-order valence-electron chi connectivity index (χ4n) is 2.88. The molecule has 0 radical (unpaired) electrons. The molecule has 1 aliphatic heterocycles. The van der Waals surface area contributed by atoms with E-state index >= 15 is 0 Å². The Labute approximate surface area is 123 Å². The SMILES string of the molecule is C#CCN1CCC(NCc2ccc3[nH]c(=O)[nH]c3c2)CC1. The van der Waals surface area contributed by atoms with Crippen molar-refractivity contribution in [2.75, 3.05) is 19.6 Å². The number of benzene rings is 1. The molecule has 1 saturated heterocycles. The van der Waals surface area contributed by atoms with E-state index in [0.29, 0.717) is 6.04 Å². The number of H-pyrrole nitrogens is 2. The van der Waals surface area contributed by atoms with E-state index in [0.717, 1.165) is 50.1 Å². The average Bonchev–Trinajstić information content (AvgIpc) is 2.86. The Morgan fingerprint density at radius 3 is 2.81 bits per heavy atom. The monoisotopic (exact) mass is 284 g/mol. The number of hydrogen-bond acceptors (Lipinski definition) is 3. The first-order valence-electron chi connectivity index (χ1n) is 7.35. The summed E-state index contributed by atoms with van der Waals surface area (Å²) in [5.74, 6) is 2.70. The Kier molecular flexibility index (Phi) is 4.09. The molecule has 0 bridgehead atoms. The summed E-state index contributed by atoms with van der Waals surface area (Å²) >= 11 is 0. The van der Waals surface area contributed by atoms with Gasteiger partial charge in [-0.05, 0) is 30.5 Å². The zero-order chi connectivity index (χ0) is 14.7. The van der Waals surface area contributed by atoms with Gasteiger partial charge in [0.1, 0.15) is 0 Å². The number of fused-ring (bicyclic) bond motifs is 1. The lowest BCUT2D eigenvalue weighted by Gasteiger charge is -2.31. The molecular weight excluding hydrogens is 264 g/mol. The highest BCUT2D eigenvalue weighted by Crippen LogP contribution is 2.13. The minimum atomic E-state index is -0.156. The Balaban J connectivity index is 1.55. The number of hydrogen-bond donors (Lipinski definition) is 3. The van der Waals surface area contributed by atoms with Crippen LogP contribution in [0.15, 0.2) is 23.0 Å². The van der Waals surface area contributed by atoms with Gasteiger partial charge in [-0.3, -0.25) is 4.90 Å². The average molecular weight is 284 g/mol.